The van der Waals surface area contributed by atoms with Gasteiger partial charge in [0.05, 0.1) is 8.45 Å². The molecule has 0 aromatic carbocycles. The lowest BCUT2D eigenvalue weighted by molar-refractivity contribution is 0.0598. The Morgan fingerprint density at radius 1 is 1.62 bits per heavy atom. The third-order valence-electron chi connectivity index (χ3n) is 2.92. The van der Waals surface area contributed by atoms with Crippen LogP contribution in [0.3, 0.4) is 0 Å². The summed E-state index contributed by atoms with van der Waals surface area (Å²) in [6, 6.07) is 2.37. The van der Waals surface area contributed by atoms with Crippen LogP contribution in [0.1, 0.15) is 29.6 Å². The Morgan fingerprint density at radius 2 is 2.38 bits per heavy atom. The van der Waals surface area contributed by atoms with Crippen LogP contribution < -0.4 is 0 Å². The first-order valence-corrected chi connectivity index (χ1v) is 7.82. The highest BCUT2D eigenvalue weighted by atomic mass is 127. The van der Waals surface area contributed by atoms with Crippen molar-refractivity contribution in [2.24, 2.45) is 0 Å². The Kier molecular flexibility index (Phi) is 4.49. The van der Waals surface area contributed by atoms with E-state index >= 15 is 0 Å². The Morgan fingerprint density at radius 3 is 2.81 bits per heavy atom. The van der Waals surface area contributed by atoms with Gasteiger partial charge in [0.25, 0.3) is 5.91 Å². The molecule has 1 aromatic heterocycles. The minimum atomic E-state index is 0.143. The summed E-state index contributed by atoms with van der Waals surface area (Å²) in [5.74, 6) is 0.660. The van der Waals surface area contributed by atoms with Crippen LogP contribution in [0.15, 0.2) is 11.4 Å². The number of alkyl halides is 1. The highest BCUT2D eigenvalue weighted by Crippen LogP contribution is 2.27. The van der Waals surface area contributed by atoms with Crippen molar-refractivity contribution < 1.29 is 4.79 Å². The van der Waals surface area contributed by atoms with E-state index in [9.17, 15) is 4.79 Å². The molecule has 2 rings (SSSR count). The van der Waals surface area contributed by atoms with Crippen molar-refractivity contribution in [2.75, 3.05) is 12.4 Å². The fourth-order valence-electron chi connectivity index (χ4n) is 1.83. The van der Waals surface area contributed by atoms with Crippen LogP contribution in [0.5, 0.6) is 0 Å². The Hall–Kier alpha value is 0.190. The van der Waals surface area contributed by atoms with Gasteiger partial charge in [-0.2, -0.15) is 0 Å². The topological polar surface area (TPSA) is 20.3 Å². The molecule has 0 spiro atoms. The predicted molar refractivity (Wildman–Crippen MR) is 76.4 cm³/mol. The van der Waals surface area contributed by atoms with E-state index < -0.39 is 0 Å². The first kappa shape index (κ1) is 12.6. The minimum Gasteiger partial charge on any atom is -0.334 e. The Balaban J connectivity index is 2.09. The summed E-state index contributed by atoms with van der Waals surface area (Å²) in [5.41, 5.74) is 0.811. The molecule has 1 fully saturated rings. The Labute approximate surface area is 118 Å². The average Bonchev–Trinajstić information content (AvgIpc) is 2.60. The highest BCUT2D eigenvalue weighted by Gasteiger charge is 2.29. The van der Waals surface area contributed by atoms with Crippen molar-refractivity contribution >= 4 is 51.4 Å². The first-order chi connectivity index (χ1) is 7.72. The number of nitrogens with zero attached hydrogens (tertiary/aromatic N) is 1. The lowest BCUT2D eigenvalue weighted by Gasteiger charge is -2.37. The SMILES string of the molecule is O=C(c1csc(I)c1)N(CCCl)C1CCC1. The van der Waals surface area contributed by atoms with Gasteiger partial charge in [0.15, 0.2) is 0 Å². The summed E-state index contributed by atoms with van der Waals surface area (Å²) in [5, 5.41) is 1.93. The largest absolute Gasteiger partial charge is 0.334 e. The molecule has 2 nitrogen and oxygen atoms in total. The number of amides is 1. The normalized spacial score (nSPS) is 15.9. The van der Waals surface area contributed by atoms with Crippen LogP contribution in [0.25, 0.3) is 0 Å². The van der Waals surface area contributed by atoms with Gasteiger partial charge >= 0.3 is 0 Å². The molecule has 0 N–H and O–H groups in total. The molecule has 1 heterocycles. The molecule has 0 aliphatic heterocycles. The molecular weight excluding hydrogens is 357 g/mol. The van der Waals surface area contributed by atoms with Gasteiger partial charge in [-0.25, -0.2) is 0 Å². The van der Waals surface area contributed by atoms with E-state index in [1.807, 2.05) is 16.3 Å². The minimum absolute atomic E-state index is 0.143. The van der Waals surface area contributed by atoms with Crippen LogP contribution in [-0.4, -0.2) is 29.3 Å². The molecule has 1 aliphatic rings. The zero-order valence-corrected chi connectivity index (χ0v) is 12.5. The maximum absolute atomic E-state index is 12.3. The van der Waals surface area contributed by atoms with Gasteiger partial charge in [-0.15, -0.1) is 22.9 Å². The summed E-state index contributed by atoms with van der Waals surface area (Å²) in [6.07, 6.45) is 3.49. The summed E-state index contributed by atoms with van der Waals surface area (Å²) in [6.45, 7) is 0.664. The zero-order chi connectivity index (χ0) is 11.5. The van der Waals surface area contributed by atoms with Gasteiger partial charge in [0, 0.05) is 23.8 Å². The number of halogens is 2. The van der Waals surface area contributed by atoms with E-state index in [0.29, 0.717) is 18.5 Å². The van der Waals surface area contributed by atoms with Gasteiger partial charge in [0.2, 0.25) is 0 Å². The van der Waals surface area contributed by atoms with Crippen LogP contribution in [0, 0.1) is 2.88 Å². The summed E-state index contributed by atoms with van der Waals surface area (Å²) in [4.78, 5) is 14.2. The lowest BCUT2D eigenvalue weighted by Crippen LogP contribution is -2.45. The van der Waals surface area contributed by atoms with Crippen molar-refractivity contribution in [2.45, 2.75) is 25.3 Å². The predicted octanol–water partition coefficient (Wildman–Crippen LogP) is 3.59. The maximum Gasteiger partial charge on any atom is 0.255 e. The summed E-state index contributed by atoms with van der Waals surface area (Å²) in [7, 11) is 0. The van der Waals surface area contributed by atoms with E-state index in [0.717, 1.165) is 21.3 Å². The molecule has 0 bridgehead atoms. The van der Waals surface area contributed by atoms with Crippen molar-refractivity contribution in [3.05, 3.63) is 19.9 Å². The number of thiophene rings is 1. The maximum atomic E-state index is 12.3. The highest BCUT2D eigenvalue weighted by molar-refractivity contribution is 14.1. The quantitative estimate of drug-likeness (QED) is 0.587. The molecular formula is C11H13ClINOS. The second-order valence-corrected chi connectivity index (χ2v) is 7.10. The monoisotopic (exact) mass is 369 g/mol. The fraction of sp³-hybridized carbons (Fsp3) is 0.545. The van der Waals surface area contributed by atoms with Crippen LogP contribution in [0.4, 0.5) is 0 Å². The van der Waals surface area contributed by atoms with Gasteiger partial charge in [-0.3, -0.25) is 4.79 Å². The Bertz CT molecular complexity index is 378. The number of carbonyl (C=O) groups excluding carboxylic acids is 1. The fourth-order valence-corrected chi connectivity index (χ4v) is 3.33. The molecule has 0 saturated heterocycles. The molecule has 0 atom stereocenters. The molecule has 88 valence electrons. The van der Waals surface area contributed by atoms with Crippen molar-refractivity contribution in [3.63, 3.8) is 0 Å². The molecule has 0 radical (unpaired) electrons. The van der Waals surface area contributed by atoms with Crippen LogP contribution in [-0.2, 0) is 0 Å². The van der Waals surface area contributed by atoms with E-state index in [1.165, 1.54) is 6.42 Å². The van der Waals surface area contributed by atoms with Gasteiger partial charge in [0.1, 0.15) is 0 Å². The van der Waals surface area contributed by atoms with Crippen molar-refractivity contribution in [3.8, 4) is 0 Å². The number of carbonyl (C=O) groups is 1. The van der Waals surface area contributed by atoms with Gasteiger partial charge < -0.3 is 4.90 Å². The molecule has 1 saturated carbocycles. The standard InChI is InChI=1S/C11H13ClINOS/c12-4-5-14(9-2-1-3-9)11(15)8-6-10(13)16-7-8/h6-7,9H,1-5H2. The van der Waals surface area contributed by atoms with E-state index in [1.54, 1.807) is 11.3 Å². The van der Waals surface area contributed by atoms with E-state index in [4.69, 9.17) is 11.6 Å². The average molecular weight is 370 g/mol. The molecule has 16 heavy (non-hydrogen) atoms. The molecule has 5 heteroatoms. The summed E-state index contributed by atoms with van der Waals surface area (Å²) < 4.78 is 1.15. The second-order valence-electron chi connectivity index (χ2n) is 3.91. The number of rotatable bonds is 4. The van der Waals surface area contributed by atoms with Gasteiger partial charge in [-0.05, 0) is 47.9 Å². The molecule has 1 aliphatic carbocycles. The van der Waals surface area contributed by atoms with Crippen molar-refractivity contribution in [1.29, 1.82) is 0 Å². The molecule has 1 aromatic rings. The lowest BCUT2D eigenvalue weighted by atomic mass is 9.91. The number of hydrogen-bond acceptors (Lipinski definition) is 2. The second kappa shape index (κ2) is 5.69. The van der Waals surface area contributed by atoms with Crippen LogP contribution >= 0.6 is 45.5 Å². The third kappa shape index (κ3) is 2.71. The van der Waals surface area contributed by atoms with Crippen molar-refractivity contribution in [1.82, 2.24) is 4.90 Å². The van der Waals surface area contributed by atoms with Gasteiger partial charge in [-0.1, -0.05) is 0 Å². The molecule has 0 unspecified atom stereocenters. The van der Waals surface area contributed by atoms with E-state index in [-0.39, 0.29) is 5.91 Å². The summed E-state index contributed by atoms with van der Waals surface area (Å²) >= 11 is 9.62. The third-order valence-corrected chi connectivity index (χ3v) is 4.87. The smallest absolute Gasteiger partial charge is 0.255 e. The zero-order valence-electron chi connectivity index (χ0n) is 8.79. The first-order valence-electron chi connectivity index (χ1n) is 5.33. The van der Waals surface area contributed by atoms with Crippen LogP contribution in [0.2, 0.25) is 0 Å². The molecule has 1 amide bonds. The van der Waals surface area contributed by atoms with E-state index in [2.05, 4.69) is 22.6 Å². The number of hydrogen-bond donors (Lipinski definition) is 0.